The molecule has 2 aromatic rings. The third kappa shape index (κ3) is 1.19. The quantitative estimate of drug-likeness (QED) is 0.612. The lowest BCUT2D eigenvalue weighted by Crippen LogP contribution is -1.87. The van der Waals surface area contributed by atoms with Gasteiger partial charge in [0.1, 0.15) is 0 Å². The van der Waals surface area contributed by atoms with Crippen molar-refractivity contribution < 1.29 is 20.1 Å². The highest BCUT2D eigenvalue weighted by Crippen LogP contribution is 2.43. The van der Waals surface area contributed by atoms with Crippen molar-refractivity contribution in [1.82, 2.24) is 0 Å². The van der Waals surface area contributed by atoms with Crippen molar-refractivity contribution in [2.75, 3.05) is 0 Å². The summed E-state index contributed by atoms with van der Waals surface area (Å²) in [6, 6.07) is 6.38. The van der Waals surface area contributed by atoms with Crippen LogP contribution in [-0.4, -0.2) is 21.6 Å². The van der Waals surface area contributed by atoms with E-state index in [1.807, 2.05) is 0 Å². The molecular formula is C11H7O4. The van der Waals surface area contributed by atoms with Crippen LogP contribution < -0.4 is 0 Å². The predicted octanol–water partition coefficient (Wildman–Crippen LogP) is 1.41. The molecule has 0 heterocycles. The first-order valence-electron chi connectivity index (χ1n) is 4.20. The standard InChI is InChI=1S/C11H7O4/c12-5-8-6-3-1-2-4-7(6)9(13)11(15)10(8)14/h1-4,13-15H. The van der Waals surface area contributed by atoms with Gasteiger partial charge in [0.15, 0.2) is 11.5 Å². The molecular weight excluding hydrogens is 196 g/mol. The van der Waals surface area contributed by atoms with E-state index >= 15 is 0 Å². The summed E-state index contributed by atoms with van der Waals surface area (Å²) in [6.07, 6.45) is 1.54. The second-order valence-corrected chi connectivity index (χ2v) is 3.07. The molecule has 0 fully saturated rings. The van der Waals surface area contributed by atoms with Crippen LogP contribution in [0.5, 0.6) is 17.2 Å². The number of rotatable bonds is 1. The summed E-state index contributed by atoms with van der Waals surface area (Å²) in [4.78, 5) is 10.6. The normalized spacial score (nSPS) is 10.4. The minimum atomic E-state index is -0.702. The van der Waals surface area contributed by atoms with Crippen LogP contribution in [0.2, 0.25) is 0 Å². The number of aromatic hydroxyl groups is 3. The molecule has 0 saturated carbocycles. The number of benzene rings is 2. The van der Waals surface area contributed by atoms with E-state index in [0.717, 1.165) is 0 Å². The van der Waals surface area contributed by atoms with Crippen molar-refractivity contribution >= 4 is 17.1 Å². The SMILES string of the molecule is O=[C]c1c(O)c(O)c(O)c2ccccc12. The van der Waals surface area contributed by atoms with Crippen LogP contribution >= 0.6 is 0 Å². The van der Waals surface area contributed by atoms with E-state index in [1.54, 1.807) is 18.2 Å². The van der Waals surface area contributed by atoms with E-state index in [9.17, 15) is 20.1 Å². The van der Waals surface area contributed by atoms with E-state index < -0.39 is 17.2 Å². The van der Waals surface area contributed by atoms with Crippen molar-refractivity contribution in [3.8, 4) is 17.2 Å². The van der Waals surface area contributed by atoms with E-state index in [-0.39, 0.29) is 5.56 Å². The number of hydrogen-bond donors (Lipinski definition) is 3. The van der Waals surface area contributed by atoms with Gasteiger partial charge in [-0.15, -0.1) is 0 Å². The number of fused-ring (bicyclic) bond motifs is 1. The van der Waals surface area contributed by atoms with E-state index in [4.69, 9.17) is 0 Å². The Hall–Kier alpha value is -2.23. The smallest absolute Gasteiger partial charge is 0.238 e. The average molecular weight is 203 g/mol. The third-order valence-electron chi connectivity index (χ3n) is 2.24. The van der Waals surface area contributed by atoms with Crippen LogP contribution in [-0.2, 0) is 4.79 Å². The van der Waals surface area contributed by atoms with Crippen molar-refractivity contribution in [2.24, 2.45) is 0 Å². The first-order chi connectivity index (χ1) is 7.16. The molecule has 75 valence electrons. The summed E-state index contributed by atoms with van der Waals surface area (Å²) >= 11 is 0. The zero-order valence-corrected chi connectivity index (χ0v) is 7.56. The van der Waals surface area contributed by atoms with E-state index in [2.05, 4.69) is 0 Å². The molecule has 2 rings (SSSR count). The fourth-order valence-electron chi connectivity index (χ4n) is 1.50. The molecule has 0 amide bonds. The van der Waals surface area contributed by atoms with Crippen LogP contribution in [0.4, 0.5) is 0 Å². The summed E-state index contributed by atoms with van der Waals surface area (Å²) in [6.45, 7) is 0. The summed E-state index contributed by atoms with van der Waals surface area (Å²) in [7, 11) is 0. The minimum absolute atomic E-state index is 0.152. The Morgan fingerprint density at radius 1 is 0.867 bits per heavy atom. The van der Waals surface area contributed by atoms with Gasteiger partial charge in [-0.05, 0) is 0 Å². The van der Waals surface area contributed by atoms with Crippen LogP contribution in [0, 0.1) is 0 Å². The first kappa shape index (κ1) is 9.33. The monoisotopic (exact) mass is 203 g/mol. The summed E-state index contributed by atoms with van der Waals surface area (Å²) in [5, 5.41) is 28.9. The maximum atomic E-state index is 10.6. The summed E-state index contributed by atoms with van der Waals surface area (Å²) in [5.41, 5.74) is -0.152. The average Bonchev–Trinajstić information content (AvgIpc) is 2.27. The molecule has 0 spiro atoms. The number of hydrogen-bond acceptors (Lipinski definition) is 4. The number of carbonyl (C=O) groups excluding carboxylic acids is 1. The highest BCUT2D eigenvalue weighted by Gasteiger charge is 2.17. The van der Waals surface area contributed by atoms with Gasteiger partial charge in [0.05, 0.1) is 5.56 Å². The number of phenolic OH excluding ortho intramolecular Hbond substituents is 3. The molecule has 0 unspecified atom stereocenters. The van der Waals surface area contributed by atoms with Gasteiger partial charge in [0.25, 0.3) is 0 Å². The van der Waals surface area contributed by atoms with Gasteiger partial charge < -0.3 is 15.3 Å². The molecule has 0 aliphatic carbocycles. The summed E-state index contributed by atoms with van der Waals surface area (Å²) < 4.78 is 0. The second-order valence-electron chi connectivity index (χ2n) is 3.07. The van der Waals surface area contributed by atoms with Gasteiger partial charge in [-0.2, -0.15) is 0 Å². The molecule has 4 nitrogen and oxygen atoms in total. The summed E-state index contributed by atoms with van der Waals surface area (Å²) in [5.74, 6) is -1.80. The van der Waals surface area contributed by atoms with Crippen molar-refractivity contribution in [1.29, 1.82) is 0 Å². The fourth-order valence-corrected chi connectivity index (χ4v) is 1.50. The molecule has 1 radical (unpaired) electrons. The highest BCUT2D eigenvalue weighted by molar-refractivity contribution is 6.05. The minimum Gasteiger partial charge on any atom is -0.504 e. The van der Waals surface area contributed by atoms with E-state index in [0.29, 0.717) is 10.8 Å². The predicted molar refractivity (Wildman–Crippen MR) is 53.7 cm³/mol. The second kappa shape index (κ2) is 3.16. The molecule has 0 aliphatic heterocycles. The molecule has 0 saturated heterocycles. The lowest BCUT2D eigenvalue weighted by atomic mass is 10.0. The van der Waals surface area contributed by atoms with Crippen LogP contribution in [0.15, 0.2) is 24.3 Å². The van der Waals surface area contributed by atoms with Gasteiger partial charge >= 0.3 is 0 Å². The molecule has 0 aromatic heterocycles. The third-order valence-corrected chi connectivity index (χ3v) is 2.24. The van der Waals surface area contributed by atoms with Gasteiger partial charge in [-0.25, -0.2) is 0 Å². The maximum Gasteiger partial charge on any atom is 0.238 e. The van der Waals surface area contributed by atoms with Crippen LogP contribution in [0.1, 0.15) is 5.56 Å². The Kier molecular flexibility index (Phi) is 1.97. The molecule has 2 aromatic carbocycles. The van der Waals surface area contributed by atoms with Crippen LogP contribution in [0.25, 0.3) is 10.8 Å². The maximum absolute atomic E-state index is 10.6. The van der Waals surface area contributed by atoms with Crippen molar-refractivity contribution in [2.45, 2.75) is 0 Å². The molecule has 0 bridgehead atoms. The number of phenols is 3. The Balaban J connectivity index is 3.04. The Morgan fingerprint density at radius 2 is 1.47 bits per heavy atom. The van der Waals surface area contributed by atoms with Gasteiger partial charge in [0, 0.05) is 10.8 Å². The molecule has 4 heteroatoms. The van der Waals surface area contributed by atoms with Gasteiger partial charge in [-0.3, -0.25) is 4.79 Å². The zero-order chi connectivity index (χ0) is 11.0. The van der Waals surface area contributed by atoms with Gasteiger partial charge in [-0.1, -0.05) is 24.3 Å². The lowest BCUT2D eigenvalue weighted by molar-refractivity contribution is 0.370. The van der Waals surface area contributed by atoms with Crippen LogP contribution in [0.3, 0.4) is 0 Å². The first-order valence-corrected chi connectivity index (χ1v) is 4.20. The zero-order valence-electron chi connectivity index (χ0n) is 7.56. The Bertz CT molecular complexity index is 546. The molecule has 3 N–H and O–H groups in total. The largest absolute Gasteiger partial charge is 0.504 e. The Labute approximate surface area is 85.0 Å². The Morgan fingerprint density at radius 3 is 2.07 bits per heavy atom. The molecule has 0 aliphatic rings. The topological polar surface area (TPSA) is 77.8 Å². The lowest BCUT2D eigenvalue weighted by Gasteiger charge is -2.07. The molecule has 15 heavy (non-hydrogen) atoms. The highest BCUT2D eigenvalue weighted by atomic mass is 16.3. The van der Waals surface area contributed by atoms with Crippen molar-refractivity contribution in [3.05, 3.63) is 29.8 Å². The van der Waals surface area contributed by atoms with Crippen molar-refractivity contribution in [3.63, 3.8) is 0 Å². The molecule has 0 atom stereocenters. The fraction of sp³-hybridized carbons (Fsp3) is 0. The van der Waals surface area contributed by atoms with E-state index in [1.165, 1.54) is 12.4 Å². The van der Waals surface area contributed by atoms with Gasteiger partial charge in [0.2, 0.25) is 12.0 Å².